The number of para-hydroxylation sites is 1. The Kier molecular flexibility index (Phi) is 4.99. The van der Waals surface area contributed by atoms with Crippen molar-refractivity contribution in [2.75, 3.05) is 18.0 Å². The second-order valence-electron chi connectivity index (χ2n) is 8.21. The quantitative estimate of drug-likeness (QED) is 0.388. The summed E-state index contributed by atoms with van der Waals surface area (Å²) in [6, 6.07) is 22.0. The van der Waals surface area contributed by atoms with Crippen molar-refractivity contribution < 1.29 is 4.52 Å². The van der Waals surface area contributed by atoms with Gasteiger partial charge in [-0.05, 0) is 37.1 Å². The third-order valence-corrected chi connectivity index (χ3v) is 6.14. The Morgan fingerprint density at radius 3 is 2.27 bits per heavy atom. The van der Waals surface area contributed by atoms with E-state index in [2.05, 4.69) is 26.1 Å². The molecular formula is C26H22N6O. The number of fused-ring (bicyclic) bond motifs is 1. The number of nitrogens with zero attached hydrogens (tertiary/aromatic N) is 6. The maximum absolute atomic E-state index is 5.64. The molecule has 162 valence electrons. The standard InChI is InChI=1S/C26H22N6O/c1-2-6-18(7-3-1)24-30-26(33-31-24)20-12-16-32(17-13-20)25-21-8-4-5-9-22(21)28-23(29-25)19-10-14-27-15-11-19/h1-11,14-15,20H,12-13,16-17H2. The highest BCUT2D eigenvalue weighted by Crippen LogP contribution is 2.33. The average molecular weight is 435 g/mol. The molecule has 4 heterocycles. The lowest BCUT2D eigenvalue weighted by Crippen LogP contribution is -2.34. The Morgan fingerprint density at radius 2 is 1.45 bits per heavy atom. The zero-order valence-corrected chi connectivity index (χ0v) is 18.0. The highest BCUT2D eigenvalue weighted by atomic mass is 16.5. The summed E-state index contributed by atoms with van der Waals surface area (Å²) in [5, 5.41) is 5.27. The minimum absolute atomic E-state index is 0.249. The van der Waals surface area contributed by atoms with E-state index in [0.717, 1.165) is 65.5 Å². The zero-order valence-electron chi connectivity index (χ0n) is 18.0. The fourth-order valence-corrected chi connectivity index (χ4v) is 4.37. The van der Waals surface area contributed by atoms with Gasteiger partial charge in [-0.2, -0.15) is 4.98 Å². The molecule has 0 radical (unpaired) electrons. The van der Waals surface area contributed by atoms with Crippen LogP contribution in [0.3, 0.4) is 0 Å². The van der Waals surface area contributed by atoms with Crippen LogP contribution >= 0.6 is 0 Å². The molecule has 5 aromatic rings. The van der Waals surface area contributed by atoms with Crippen LogP contribution in [0.1, 0.15) is 24.7 Å². The lowest BCUT2D eigenvalue weighted by atomic mass is 9.96. The van der Waals surface area contributed by atoms with E-state index >= 15 is 0 Å². The van der Waals surface area contributed by atoms with E-state index in [1.54, 1.807) is 12.4 Å². The third-order valence-electron chi connectivity index (χ3n) is 6.14. The highest BCUT2D eigenvalue weighted by Gasteiger charge is 2.27. The van der Waals surface area contributed by atoms with Gasteiger partial charge in [-0.15, -0.1) is 0 Å². The molecule has 0 unspecified atom stereocenters. The topological polar surface area (TPSA) is 80.8 Å². The molecule has 0 saturated carbocycles. The van der Waals surface area contributed by atoms with E-state index in [0.29, 0.717) is 5.82 Å². The summed E-state index contributed by atoms with van der Waals surface area (Å²) in [4.78, 5) is 20.9. The fourth-order valence-electron chi connectivity index (χ4n) is 4.37. The zero-order chi connectivity index (χ0) is 22.0. The largest absolute Gasteiger partial charge is 0.356 e. The number of hydrogen-bond acceptors (Lipinski definition) is 7. The maximum Gasteiger partial charge on any atom is 0.230 e. The van der Waals surface area contributed by atoms with Gasteiger partial charge in [0.1, 0.15) is 5.82 Å². The first-order valence-electron chi connectivity index (χ1n) is 11.2. The summed E-state index contributed by atoms with van der Waals surface area (Å²) in [6.45, 7) is 1.73. The van der Waals surface area contributed by atoms with Gasteiger partial charge in [0.25, 0.3) is 0 Å². The first-order valence-corrected chi connectivity index (χ1v) is 11.2. The predicted octanol–water partition coefficient (Wildman–Crippen LogP) is 5.13. The van der Waals surface area contributed by atoms with Gasteiger partial charge in [0, 0.05) is 47.9 Å². The first kappa shape index (κ1) is 19.5. The predicted molar refractivity (Wildman–Crippen MR) is 127 cm³/mol. The second-order valence-corrected chi connectivity index (χ2v) is 8.21. The molecule has 1 aliphatic heterocycles. The van der Waals surface area contributed by atoms with Gasteiger partial charge in [-0.3, -0.25) is 4.98 Å². The van der Waals surface area contributed by atoms with Crippen LogP contribution in [0.5, 0.6) is 0 Å². The average Bonchev–Trinajstić information content (AvgIpc) is 3.40. The molecule has 0 amide bonds. The molecule has 6 rings (SSSR count). The van der Waals surface area contributed by atoms with E-state index in [1.165, 1.54) is 0 Å². The van der Waals surface area contributed by atoms with Crippen LogP contribution in [0.15, 0.2) is 83.6 Å². The van der Waals surface area contributed by atoms with Crippen molar-refractivity contribution in [1.29, 1.82) is 0 Å². The summed E-state index contributed by atoms with van der Waals surface area (Å²) in [7, 11) is 0. The summed E-state index contributed by atoms with van der Waals surface area (Å²) in [6.07, 6.45) is 5.40. The van der Waals surface area contributed by atoms with Gasteiger partial charge >= 0.3 is 0 Å². The van der Waals surface area contributed by atoms with Gasteiger partial charge in [-0.25, -0.2) is 9.97 Å². The van der Waals surface area contributed by atoms with Crippen LogP contribution < -0.4 is 4.90 Å². The summed E-state index contributed by atoms with van der Waals surface area (Å²) < 4.78 is 5.64. The van der Waals surface area contributed by atoms with Crippen molar-refractivity contribution in [3.63, 3.8) is 0 Å². The fraction of sp³-hybridized carbons (Fsp3) is 0.192. The molecule has 3 aromatic heterocycles. The van der Waals surface area contributed by atoms with Gasteiger partial charge in [0.15, 0.2) is 5.82 Å². The van der Waals surface area contributed by atoms with E-state index in [1.807, 2.05) is 60.7 Å². The Balaban J connectivity index is 1.26. The molecule has 1 fully saturated rings. The van der Waals surface area contributed by atoms with Crippen molar-refractivity contribution in [1.82, 2.24) is 25.1 Å². The highest BCUT2D eigenvalue weighted by molar-refractivity contribution is 5.91. The molecule has 1 saturated heterocycles. The molecular weight excluding hydrogens is 412 g/mol. The minimum Gasteiger partial charge on any atom is -0.356 e. The Bertz CT molecular complexity index is 1380. The summed E-state index contributed by atoms with van der Waals surface area (Å²) in [5.74, 6) is 3.31. The van der Waals surface area contributed by atoms with Crippen molar-refractivity contribution >= 4 is 16.7 Å². The number of rotatable bonds is 4. The molecule has 0 spiro atoms. The van der Waals surface area contributed by atoms with E-state index in [-0.39, 0.29) is 5.92 Å². The summed E-state index contributed by atoms with van der Waals surface area (Å²) >= 11 is 0. The van der Waals surface area contributed by atoms with E-state index in [4.69, 9.17) is 14.5 Å². The number of piperidine rings is 1. The van der Waals surface area contributed by atoms with Crippen LogP contribution in [0, 0.1) is 0 Å². The molecule has 1 aliphatic rings. The number of hydrogen-bond donors (Lipinski definition) is 0. The van der Waals surface area contributed by atoms with Crippen LogP contribution in [0.4, 0.5) is 5.82 Å². The lowest BCUT2D eigenvalue weighted by Gasteiger charge is -2.32. The SMILES string of the molecule is c1ccc(-c2noc(C3CCN(c4nc(-c5ccncc5)nc5ccccc45)CC3)n2)cc1. The molecule has 0 aliphatic carbocycles. The summed E-state index contributed by atoms with van der Waals surface area (Å²) in [5.41, 5.74) is 2.88. The van der Waals surface area contributed by atoms with Gasteiger partial charge in [0.2, 0.25) is 11.7 Å². The smallest absolute Gasteiger partial charge is 0.230 e. The Morgan fingerprint density at radius 1 is 0.727 bits per heavy atom. The van der Waals surface area contributed by atoms with Crippen LogP contribution in [-0.4, -0.2) is 38.2 Å². The van der Waals surface area contributed by atoms with Gasteiger partial charge in [0.05, 0.1) is 5.52 Å². The maximum atomic E-state index is 5.64. The van der Waals surface area contributed by atoms with Gasteiger partial charge < -0.3 is 9.42 Å². The second kappa shape index (κ2) is 8.43. The minimum atomic E-state index is 0.249. The van der Waals surface area contributed by atoms with Crippen molar-refractivity contribution in [3.05, 3.63) is 85.0 Å². The number of aromatic nitrogens is 5. The molecule has 33 heavy (non-hydrogen) atoms. The molecule has 0 atom stereocenters. The van der Waals surface area contributed by atoms with Crippen molar-refractivity contribution in [2.45, 2.75) is 18.8 Å². The lowest BCUT2D eigenvalue weighted by molar-refractivity contribution is 0.329. The molecule has 2 aromatic carbocycles. The van der Waals surface area contributed by atoms with E-state index in [9.17, 15) is 0 Å². The van der Waals surface area contributed by atoms with Crippen LogP contribution in [0.25, 0.3) is 33.7 Å². The van der Waals surface area contributed by atoms with Crippen LogP contribution in [-0.2, 0) is 0 Å². The monoisotopic (exact) mass is 434 g/mol. The molecule has 0 N–H and O–H groups in total. The van der Waals surface area contributed by atoms with Crippen LogP contribution in [0.2, 0.25) is 0 Å². The molecule has 7 nitrogen and oxygen atoms in total. The van der Waals surface area contributed by atoms with Crippen molar-refractivity contribution in [2.24, 2.45) is 0 Å². The number of anilines is 1. The number of pyridine rings is 1. The third kappa shape index (κ3) is 3.82. The molecule has 0 bridgehead atoms. The molecule has 7 heteroatoms. The van der Waals surface area contributed by atoms with Crippen molar-refractivity contribution in [3.8, 4) is 22.8 Å². The number of benzene rings is 2. The first-order chi connectivity index (χ1) is 16.3. The van der Waals surface area contributed by atoms with Gasteiger partial charge in [-0.1, -0.05) is 47.6 Å². The normalized spacial score (nSPS) is 14.6. The Hall–Kier alpha value is -4.13. The van der Waals surface area contributed by atoms with E-state index < -0.39 is 0 Å². The Labute approximate surface area is 191 Å².